The van der Waals surface area contributed by atoms with Crippen LogP contribution in [0.15, 0.2) is 21.5 Å². The summed E-state index contributed by atoms with van der Waals surface area (Å²) in [7, 11) is 1.71. The van der Waals surface area contributed by atoms with Crippen molar-refractivity contribution in [2.45, 2.75) is 20.4 Å². The molecule has 0 saturated carbocycles. The molecule has 1 aliphatic rings. The zero-order valence-electron chi connectivity index (χ0n) is 14.8. The Hall–Kier alpha value is -1.78. The number of aliphatic imine (C=N–C) groups is 1. The number of piperazine rings is 1. The molecule has 25 heavy (non-hydrogen) atoms. The highest BCUT2D eigenvalue weighted by Gasteiger charge is 2.24. The van der Waals surface area contributed by atoms with Crippen LogP contribution in [0.2, 0.25) is 0 Å². The fraction of sp³-hybridized carbons (Fsp3) is 0.562. The summed E-state index contributed by atoms with van der Waals surface area (Å²) in [6, 6.07) is 3.26. The smallest absolute Gasteiger partial charge is 0.284 e. The molecule has 9 heteroatoms. The molecule has 2 amide bonds. The standard InChI is InChI=1S/C16H25N5O3.HI/c1-11(2)15(23)20-6-8-21(9-7-20)16(18-3)19-10-12-4-5-13(24-12)14(17)22;/h4-5,11H,6-10H2,1-3H3,(H2,17,22)(H,18,19);1H. The number of nitrogens with one attached hydrogen (secondary N) is 1. The number of amides is 2. The zero-order chi connectivity index (χ0) is 17.7. The number of primary amides is 1. The van der Waals surface area contributed by atoms with Gasteiger partial charge >= 0.3 is 0 Å². The molecule has 0 atom stereocenters. The Balaban J connectivity index is 0.00000312. The fourth-order valence-corrected chi connectivity index (χ4v) is 2.61. The van der Waals surface area contributed by atoms with Gasteiger partial charge in [-0.25, -0.2) is 0 Å². The molecule has 1 aliphatic heterocycles. The van der Waals surface area contributed by atoms with E-state index in [1.807, 2.05) is 18.7 Å². The Morgan fingerprint density at radius 3 is 2.32 bits per heavy atom. The molecule has 2 rings (SSSR count). The molecule has 140 valence electrons. The van der Waals surface area contributed by atoms with Gasteiger partial charge in [-0.2, -0.15) is 0 Å². The monoisotopic (exact) mass is 463 g/mol. The quantitative estimate of drug-likeness (QED) is 0.392. The molecule has 0 unspecified atom stereocenters. The summed E-state index contributed by atoms with van der Waals surface area (Å²) < 4.78 is 5.34. The van der Waals surface area contributed by atoms with Crippen LogP contribution in [0, 0.1) is 5.92 Å². The van der Waals surface area contributed by atoms with E-state index in [0.717, 1.165) is 19.0 Å². The highest BCUT2D eigenvalue weighted by Crippen LogP contribution is 2.09. The lowest BCUT2D eigenvalue weighted by Gasteiger charge is -2.37. The molecule has 0 aromatic carbocycles. The summed E-state index contributed by atoms with van der Waals surface area (Å²) in [5, 5.41) is 3.20. The van der Waals surface area contributed by atoms with Gasteiger partial charge in [0.05, 0.1) is 6.54 Å². The van der Waals surface area contributed by atoms with Gasteiger partial charge in [-0.1, -0.05) is 13.8 Å². The first-order valence-corrected chi connectivity index (χ1v) is 8.05. The van der Waals surface area contributed by atoms with Crippen molar-refractivity contribution in [1.82, 2.24) is 15.1 Å². The number of nitrogens with zero attached hydrogens (tertiary/aromatic N) is 3. The highest BCUT2D eigenvalue weighted by molar-refractivity contribution is 14.0. The first-order valence-electron chi connectivity index (χ1n) is 8.05. The molecule has 1 saturated heterocycles. The summed E-state index contributed by atoms with van der Waals surface area (Å²) in [6.07, 6.45) is 0. The van der Waals surface area contributed by atoms with Gasteiger partial charge in [0.15, 0.2) is 11.7 Å². The summed E-state index contributed by atoms with van der Waals surface area (Å²) in [5.41, 5.74) is 5.17. The molecule has 2 heterocycles. The third-order valence-electron chi connectivity index (χ3n) is 3.92. The number of halogens is 1. The first kappa shape index (κ1) is 21.3. The molecular weight excluding hydrogens is 437 g/mol. The minimum Gasteiger partial charge on any atom is -0.454 e. The van der Waals surface area contributed by atoms with E-state index >= 15 is 0 Å². The van der Waals surface area contributed by atoms with Crippen molar-refractivity contribution >= 4 is 41.8 Å². The maximum atomic E-state index is 12.0. The number of carbonyl (C=O) groups is 2. The van der Waals surface area contributed by atoms with Gasteiger partial charge in [0, 0.05) is 39.1 Å². The Morgan fingerprint density at radius 1 is 1.24 bits per heavy atom. The van der Waals surface area contributed by atoms with Gasteiger partial charge in [-0.15, -0.1) is 24.0 Å². The van der Waals surface area contributed by atoms with Crippen LogP contribution in [0.1, 0.15) is 30.2 Å². The van der Waals surface area contributed by atoms with Crippen LogP contribution in [-0.4, -0.2) is 60.8 Å². The first-order chi connectivity index (χ1) is 11.4. The van der Waals surface area contributed by atoms with E-state index in [1.165, 1.54) is 0 Å². The van der Waals surface area contributed by atoms with E-state index < -0.39 is 5.91 Å². The lowest BCUT2D eigenvalue weighted by Crippen LogP contribution is -2.54. The summed E-state index contributed by atoms with van der Waals surface area (Å²) in [6.45, 7) is 7.06. The average Bonchev–Trinajstić information content (AvgIpc) is 3.04. The fourth-order valence-electron chi connectivity index (χ4n) is 2.61. The highest BCUT2D eigenvalue weighted by atomic mass is 127. The van der Waals surface area contributed by atoms with Crippen LogP contribution < -0.4 is 11.1 Å². The third-order valence-corrected chi connectivity index (χ3v) is 3.92. The van der Waals surface area contributed by atoms with Crippen LogP contribution in [0.4, 0.5) is 0 Å². The molecule has 1 aromatic rings. The predicted molar refractivity (Wildman–Crippen MR) is 106 cm³/mol. The van der Waals surface area contributed by atoms with Gasteiger partial charge in [-0.3, -0.25) is 14.6 Å². The Labute approximate surface area is 164 Å². The van der Waals surface area contributed by atoms with Crippen molar-refractivity contribution in [3.63, 3.8) is 0 Å². The van der Waals surface area contributed by atoms with Crippen molar-refractivity contribution in [3.05, 3.63) is 23.7 Å². The molecule has 3 N–H and O–H groups in total. The second kappa shape index (κ2) is 9.64. The predicted octanol–water partition coefficient (Wildman–Crippen LogP) is 0.872. The molecule has 0 bridgehead atoms. The summed E-state index contributed by atoms with van der Waals surface area (Å²) >= 11 is 0. The molecule has 1 fully saturated rings. The lowest BCUT2D eigenvalue weighted by molar-refractivity contribution is -0.135. The third kappa shape index (κ3) is 5.62. The number of furan rings is 1. The minimum atomic E-state index is -0.587. The minimum absolute atomic E-state index is 0. The van der Waals surface area contributed by atoms with E-state index in [4.69, 9.17) is 10.2 Å². The number of carbonyl (C=O) groups excluding carboxylic acids is 2. The van der Waals surface area contributed by atoms with Crippen molar-refractivity contribution in [2.75, 3.05) is 33.2 Å². The number of hydrogen-bond donors (Lipinski definition) is 2. The van der Waals surface area contributed by atoms with Crippen LogP contribution >= 0.6 is 24.0 Å². The maximum Gasteiger partial charge on any atom is 0.284 e. The van der Waals surface area contributed by atoms with Crippen LogP contribution in [-0.2, 0) is 11.3 Å². The largest absolute Gasteiger partial charge is 0.454 e. The van der Waals surface area contributed by atoms with Gasteiger partial charge < -0.3 is 25.3 Å². The van der Waals surface area contributed by atoms with Crippen molar-refractivity contribution in [1.29, 1.82) is 0 Å². The number of nitrogens with two attached hydrogens (primary N) is 1. The average molecular weight is 463 g/mol. The number of guanidine groups is 1. The van der Waals surface area contributed by atoms with Crippen molar-refractivity contribution < 1.29 is 14.0 Å². The van der Waals surface area contributed by atoms with Gasteiger partial charge in [0.2, 0.25) is 5.91 Å². The van der Waals surface area contributed by atoms with Gasteiger partial charge in [0.25, 0.3) is 5.91 Å². The van der Waals surface area contributed by atoms with Crippen LogP contribution in [0.5, 0.6) is 0 Å². The lowest BCUT2D eigenvalue weighted by atomic mass is 10.1. The molecule has 0 aliphatic carbocycles. The van der Waals surface area contributed by atoms with E-state index in [9.17, 15) is 9.59 Å². The van der Waals surface area contributed by atoms with E-state index in [1.54, 1.807) is 19.2 Å². The van der Waals surface area contributed by atoms with Gasteiger partial charge in [0.1, 0.15) is 5.76 Å². The van der Waals surface area contributed by atoms with Crippen LogP contribution in [0.3, 0.4) is 0 Å². The van der Waals surface area contributed by atoms with Crippen LogP contribution in [0.25, 0.3) is 0 Å². The molecule has 0 spiro atoms. The second-order valence-electron chi connectivity index (χ2n) is 6.00. The molecular formula is C16H26IN5O3. The second-order valence-corrected chi connectivity index (χ2v) is 6.00. The maximum absolute atomic E-state index is 12.0. The Morgan fingerprint density at radius 2 is 1.84 bits per heavy atom. The molecule has 1 aromatic heterocycles. The topological polar surface area (TPSA) is 104 Å². The van der Waals surface area contributed by atoms with E-state index in [0.29, 0.717) is 25.4 Å². The number of rotatable bonds is 4. The van der Waals surface area contributed by atoms with Crippen molar-refractivity contribution in [2.24, 2.45) is 16.6 Å². The van der Waals surface area contributed by atoms with Crippen molar-refractivity contribution in [3.8, 4) is 0 Å². The SMILES string of the molecule is CN=C(NCc1ccc(C(N)=O)o1)N1CCN(C(=O)C(C)C)CC1.I. The summed E-state index contributed by atoms with van der Waals surface area (Å²) in [4.78, 5) is 31.3. The summed E-state index contributed by atoms with van der Waals surface area (Å²) in [5.74, 6) is 1.11. The van der Waals surface area contributed by atoms with Gasteiger partial charge in [-0.05, 0) is 12.1 Å². The van der Waals surface area contributed by atoms with E-state index in [2.05, 4.69) is 15.2 Å². The molecule has 0 radical (unpaired) electrons. The Bertz CT molecular complexity index is 621. The molecule has 8 nitrogen and oxygen atoms in total. The number of hydrogen-bond acceptors (Lipinski definition) is 4. The normalized spacial score (nSPS) is 15.1. The zero-order valence-corrected chi connectivity index (χ0v) is 17.1. The van der Waals surface area contributed by atoms with E-state index in [-0.39, 0.29) is 41.6 Å². The Kier molecular flexibility index (Phi) is 8.20.